The highest BCUT2D eigenvalue weighted by Gasteiger charge is 2.18. The molecule has 7 heteroatoms. The molecule has 116 valence electrons. The minimum absolute atomic E-state index is 0.116. The Labute approximate surface area is 127 Å². The molecule has 2 aromatic rings. The van der Waals surface area contributed by atoms with Crippen molar-refractivity contribution in [1.82, 2.24) is 0 Å². The number of anilines is 1. The minimum atomic E-state index is -4.01. The summed E-state index contributed by atoms with van der Waals surface area (Å²) in [5.74, 6) is -1.09. The van der Waals surface area contributed by atoms with Crippen molar-refractivity contribution in [3.05, 3.63) is 53.3 Å². The van der Waals surface area contributed by atoms with Gasteiger partial charge in [0, 0.05) is 5.56 Å². The van der Waals surface area contributed by atoms with Gasteiger partial charge in [0.2, 0.25) is 0 Å². The monoisotopic (exact) mass is 323 g/mol. The van der Waals surface area contributed by atoms with Crippen molar-refractivity contribution in [2.24, 2.45) is 0 Å². The smallest absolute Gasteiger partial charge is 0.262 e. The second kappa shape index (κ2) is 5.76. The Morgan fingerprint density at radius 1 is 1.18 bits per heavy atom. The first-order valence-corrected chi connectivity index (χ1v) is 7.82. The van der Waals surface area contributed by atoms with Gasteiger partial charge in [-0.25, -0.2) is 12.8 Å². The van der Waals surface area contributed by atoms with Gasteiger partial charge >= 0.3 is 0 Å². The molecule has 0 radical (unpaired) electrons. The number of hydrogen-bond donors (Lipinski definition) is 2. The molecule has 0 unspecified atom stereocenters. The number of sulfonamides is 1. The number of ketones is 1. The molecule has 0 fully saturated rings. The Morgan fingerprint density at radius 3 is 2.45 bits per heavy atom. The van der Waals surface area contributed by atoms with Gasteiger partial charge in [-0.2, -0.15) is 0 Å². The van der Waals surface area contributed by atoms with E-state index in [0.29, 0.717) is 0 Å². The number of halogens is 1. The summed E-state index contributed by atoms with van der Waals surface area (Å²) in [4.78, 5) is 11.2. The lowest BCUT2D eigenvalue weighted by molar-refractivity contribution is 0.101. The van der Waals surface area contributed by atoms with E-state index in [9.17, 15) is 22.7 Å². The van der Waals surface area contributed by atoms with Crippen LogP contribution in [0.5, 0.6) is 5.75 Å². The van der Waals surface area contributed by atoms with E-state index in [1.807, 2.05) is 0 Å². The molecular weight excluding hydrogens is 309 g/mol. The predicted octanol–water partition coefficient (Wildman–Crippen LogP) is 2.84. The third kappa shape index (κ3) is 3.25. The fraction of sp³-hybridized carbons (Fsp3) is 0.133. The molecular formula is C15H14FNO4S. The lowest BCUT2D eigenvalue weighted by Crippen LogP contribution is -2.14. The first-order chi connectivity index (χ1) is 10.2. The number of nitrogens with one attached hydrogen (secondary N) is 1. The number of aromatic hydroxyl groups is 1. The average Bonchev–Trinajstić information content (AvgIpc) is 2.43. The molecule has 0 atom stereocenters. The third-order valence-corrected chi connectivity index (χ3v) is 4.45. The van der Waals surface area contributed by atoms with Gasteiger partial charge in [0.1, 0.15) is 11.6 Å². The molecule has 0 aromatic heterocycles. The topological polar surface area (TPSA) is 83.5 Å². The van der Waals surface area contributed by atoms with Crippen LogP contribution in [-0.2, 0) is 10.0 Å². The highest BCUT2D eigenvalue weighted by Crippen LogP contribution is 2.27. The number of phenols is 1. The van der Waals surface area contributed by atoms with Crippen LogP contribution in [0.25, 0.3) is 0 Å². The van der Waals surface area contributed by atoms with Gasteiger partial charge in [-0.3, -0.25) is 9.52 Å². The molecule has 5 nitrogen and oxygen atoms in total. The summed E-state index contributed by atoms with van der Waals surface area (Å²) < 4.78 is 40.0. The van der Waals surface area contributed by atoms with E-state index < -0.39 is 15.8 Å². The summed E-state index contributed by atoms with van der Waals surface area (Å²) in [6, 6.07) is 7.21. The van der Waals surface area contributed by atoms with Gasteiger partial charge in [-0.15, -0.1) is 0 Å². The molecule has 2 N–H and O–H groups in total. The number of Topliss-reactive ketones (excluding diaryl/α,β-unsaturated/α-hetero) is 1. The molecule has 0 saturated carbocycles. The number of carbonyl (C=O) groups is 1. The van der Waals surface area contributed by atoms with Crippen molar-refractivity contribution in [1.29, 1.82) is 0 Å². The molecule has 0 aliphatic rings. The molecule has 0 heterocycles. The van der Waals surface area contributed by atoms with Crippen LogP contribution >= 0.6 is 0 Å². The molecule has 2 rings (SSSR count). The van der Waals surface area contributed by atoms with Gasteiger partial charge in [0.05, 0.1) is 10.6 Å². The second-order valence-electron chi connectivity index (χ2n) is 4.80. The van der Waals surface area contributed by atoms with Gasteiger partial charge in [-0.1, -0.05) is 0 Å². The lowest BCUT2D eigenvalue weighted by atomic mass is 10.1. The van der Waals surface area contributed by atoms with Crippen LogP contribution in [0.4, 0.5) is 10.1 Å². The van der Waals surface area contributed by atoms with E-state index >= 15 is 0 Å². The van der Waals surface area contributed by atoms with E-state index in [1.165, 1.54) is 38.1 Å². The minimum Gasteiger partial charge on any atom is -0.506 e. The standard InChI is InChI=1S/C15H14FNO4S/c1-9-7-12(4-5-13(9)16)22(20,21)17-14-8-11(10(2)18)3-6-15(14)19/h3-8,17,19H,1-2H3. The van der Waals surface area contributed by atoms with Gasteiger partial charge in [0.25, 0.3) is 10.0 Å². The molecule has 0 bridgehead atoms. The Balaban J connectivity index is 2.42. The van der Waals surface area contributed by atoms with Crippen LogP contribution in [0.1, 0.15) is 22.8 Å². The molecule has 0 spiro atoms. The van der Waals surface area contributed by atoms with Crippen LogP contribution in [0.3, 0.4) is 0 Å². The van der Waals surface area contributed by atoms with Crippen molar-refractivity contribution in [2.75, 3.05) is 4.72 Å². The third-order valence-electron chi connectivity index (χ3n) is 3.09. The first kappa shape index (κ1) is 16.0. The predicted molar refractivity (Wildman–Crippen MR) is 80.1 cm³/mol. The number of benzene rings is 2. The van der Waals surface area contributed by atoms with Crippen LogP contribution in [0.15, 0.2) is 41.3 Å². The quantitative estimate of drug-likeness (QED) is 0.669. The van der Waals surface area contributed by atoms with Gasteiger partial charge in [0.15, 0.2) is 5.78 Å². The maximum Gasteiger partial charge on any atom is 0.262 e. The number of rotatable bonds is 4. The molecule has 2 aromatic carbocycles. The average molecular weight is 323 g/mol. The molecule has 0 aliphatic carbocycles. The summed E-state index contributed by atoms with van der Waals surface area (Å²) in [7, 11) is -4.01. The van der Waals surface area contributed by atoms with Crippen LogP contribution < -0.4 is 4.72 Å². The number of phenolic OH excluding ortho intramolecular Hbond substituents is 1. The highest BCUT2D eigenvalue weighted by molar-refractivity contribution is 7.92. The van der Waals surface area contributed by atoms with Crippen molar-refractivity contribution in [2.45, 2.75) is 18.7 Å². The zero-order valence-corrected chi connectivity index (χ0v) is 12.7. The lowest BCUT2D eigenvalue weighted by Gasteiger charge is -2.11. The second-order valence-corrected chi connectivity index (χ2v) is 6.49. The van der Waals surface area contributed by atoms with Gasteiger partial charge in [-0.05, 0) is 55.8 Å². The van der Waals surface area contributed by atoms with E-state index in [2.05, 4.69) is 4.72 Å². The Morgan fingerprint density at radius 2 is 1.86 bits per heavy atom. The highest BCUT2D eigenvalue weighted by atomic mass is 32.2. The normalized spacial score (nSPS) is 11.2. The summed E-state index contributed by atoms with van der Waals surface area (Å²) in [6.45, 7) is 2.77. The molecule has 0 amide bonds. The van der Waals surface area contributed by atoms with Crippen molar-refractivity contribution in [3.8, 4) is 5.75 Å². The number of carbonyl (C=O) groups excluding carboxylic acids is 1. The summed E-state index contributed by atoms with van der Waals surface area (Å²) in [5, 5.41) is 9.73. The summed E-state index contributed by atoms with van der Waals surface area (Å²) in [5.41, 5.74) is 0.324. The molecule has 0 saturated heterocycles. The SMILES string of the molecule is CC(=O)c1ccc(O)c(NS(=O)(=O)c2ccc(F)c(C)c2)c1. The summed E-state index contributed by atoms with van der Waals surface area (Å²) >= 11 is 0. The Hall–Kier alpha value is -2.41. The van der Waals surface area contributed by atoms with E-state index in [4.69, 9.17) is 0 Å². The van der Waals surface area contributed by atoms with Crippen LogP contribution in [0, 0.1) is 12.7 Å². The van der Waals surface area contributed by atoms with Crippen LogP contribution in [0.2, 0.25) is 0 Å². The maximum atomic E-state index is 13.2. The zero-order valence-electron chi connectivity index (χ0n) is 11.9. The molecule has 22 heavy (non-hydrogen) atoms. The fourth-order valence-corrected chi connectivity index (χ4v) is 2.97. The van der Waals surface area contributed by atoms with Crippen molar-refractivity contribution >= 4 is 21.5 Å². The molecule has 0 aliphatic heterocycles. The maximum absolute atomic E-state index is 13.2. The fourth-order valence-electron chi connectivity index (χ4n) is 1.82. The van der Waals surface area contributed by atoms with Crippen molar-refractivity contribution in [3.63, 3.8) is 0 Å². The largest absolute Gasteiger partial charge is 0.506 e. The van der Waals surface area contributed by atoms with Gasteiger partial charge < -0.3 is 5.11 Å². The van der Waals surface area contributed by atoms with E-state index in [0.717, 1.165) is 12.1 Å². The van der Waals surface area contributed by atoms with E-state index in [-0.39, 0.29) is 33.2 Å². The zero-order chi connectivity index (χ0) is 16.5. The Bertz CT molecular complexity index is 847. The van der Waals surface area contributed by atoms with Crippen LogP contribution in [-0.4, -0.2) is 19.3 Å². The number of hydrogen-bond acceptors (Lipinski definition) is 4. The Kier molecular flexibility index (Phi) is 4.18. The first-order valence-electron chi connectivity index (χ1n) is 6.33. The van der Waals surface area contributed by atoms with E-state index in [1.54, 1.807) is 0 Å². The summed E-state index contributed by atoms with van der Waals surface area (Å²) in [6.07, 6.45) is 0. The van der Waals surface area contributed by atoms with Crippen molar-refractivity contribution < 1.29 is 22.7 Å². The number of aryl methyl sites for hydroxylation is 1.